The molecule has 1 rings (SSSR count). The van der Waals surface area contributed by atoms with Crippen LogP contribution in [0.2, 0.25) is 0 Å². The van der Waals surface area contributed by atoms with Crippen molar-refractivity contribution in [3.05, 3.63) is 35.9 Å². The number of aliphatic carboxylic acids is 1. The molecule has 0 spiro atoms. The van der Waals surface area contributed by atoms with Crippen LogP contribution < -0.4 is 5.32 Å². The lowest BCUT2D eigenvalue weighted by atomic mass is 10.1. The highest BCUT2D eigenvalue weighted by Crippen LogP contribution is 2.15. The number of carboxylic acid groups (broad SMARTS) is 1. The summed E-state index contributed by atoms with van der Waals surface area (Å²) in [7, 11) is 0. The normalized spacial score (nSPS) is 12.8. The Morgan fingerprint density at radius 2 is 1.78 bits per heavy atom. The maximum atomic E-state index is 12.0. The van der Waals surface area contributed by atoms with Crippen LogP contribution in [0.25, 0.3) is 0 Å². The molecule has 1 aromatic carbocycles. The summed E-state index contributed by atoms with van der Waals surface area (Å²) in [4.78, 5) is 21.5. The van der Waals surface area contributed by atoms with E-state index in [9.17, 15) is 22.8 Å². The molecule has 0 saturated carbocycles. The Hall–Kier alpha value is -2.05. The lowest BCUT2D eigenvalue weighted by Crippen LogP contribution is -2.47. The Balaban J connectivity index is 2.73. The van der Waals surface area contributed by atoms with E-state index in [0.29, 0.717) is 5.56 Å². The van der Waals surface area contributed by atoms with Crippen molar-refractivity contribution in [1.82, 2.24) is 5.32 Å². The molecule has 1 atom stereocenters. The molecule has 0 bridgehead atoms. The number of benzene rings is 1. The van der Waals surface area contributed by atoms with Gasteiger partial charge in [0.25, 0.3) is 0 Å². The van der Waals surface area contributed by atoms with Gasteiger partial charge in [-0.05, 0) is 5.56 Å². The Bertz CT molecular complexity index is 431. The fourth-order valence-corrected chi connectivity index (χ4v) is 1.29. The van der Waals surface area contributed by atoms with Gasteiger partial charge in [-0.15, -0.1) is 0 Å². The summed E-state index contributed by atoms with van der Waals surface area (Å²) in [5.74, 6) is -3.78. The summed E-state index contributed by atoms with van der Waals surface area (Å²) in [6.07, 6.45) is -5.30. The first-order chi connectivity index (χ1) is 8.30. The lowest BCUT2D eigenvalue weighted by molar-refractivity contribution is -0.175. The quantitative estimate of drug-likeness (QED) is 0.860. The van der Waals surface area contributed by atoms with Gasteiger partial charge in [-0.25, -0.2) is 4.79 Å². The lowest BCUT2D eigenvalue weighted by Gasteiger charge is -2.15. The Morgan fingerprint density at radius 1 is 1.22 bits per heavy atom. The van der Waals surface area contributed by atoms with Gasteiger partial charge >= 0.3 is 18.1 Å². The third-order valence-electron chi connectivity index (χ3n) is 2.14. The van der Waals surface area contributed by atoms with E-state index in [0.717, 1.165) is 0 Å². The molecule has 1 aromatic rings. The highest BCUT2D eigenvalue weighted by atomic mass is 19.4. The molecular weight excluding hydrogens is 251 g/mol. The van der Waals surface area contributed by atoms with Gasteiger partial charge in [-0.3, -0.25) is 4.79 Å². The van der Waals surface area contributed by atoms with Crippen LogP contribution in [0.4, 0.5) is 13.2 Å². The van der Waals surface area contributed by atoms with Crippen molar-refractivity contribution in [3.8, 4) is 0 Å². The number of carbonyl (C=O) groups excluding carboxylic acids is 1. The number of hydrogen-bond acceptors (Lipinski definition) is 2. The predicted octanol–water partition coefficient (Wildman–Crippen LogP) is 1.36. The molecule has 0 aromatic heterocycles. The molecule has 4 nitrogen and oxygen atoms in total. The standard InChI is InChI=1S/C11H10F3NO3/c12-11(13,14)10(18)15-8(9(16)17)6-7-4-2-1-3-5-7/h1-5,8H,6H2,(H,15,18)(H,16,17)/t8-/m0/s1. The molecule has 7 heteroatoms. The zero-order chi connectivity index (χ0) is 13.8. The fraction of sp³-hybridized carbons (Fsp3) is 0.273. The van der Waals surface area contributed by atoms with Gasteiger partial charge < -0.3 is 10.4 Å². The molecule has 0 saturated heterocycles. The van der Waals surface area contributed by atoms with E-state index in [1.165, 1.54) is 5.32 Å². The summed E-state index contributed by atoms with van der Waals surface area (Å²) >= 11 is 0. The van der Waals surface area contributed by atoms with Gasteiger partial charge in [0.15, 0.2) is 0 Å². The van der Waals surface area contributed by atoms with Crippen molar-refractivity contribution in [2.45, 2.75) is 18.6 Å². The van der Waals surface area contributed by atoms with Gasteiger partial charge in [0, 0.05) is 6.42 Å². The van der Waals surface area contributed by atoms with E-state index in [4.69, 9.17) is 5.11 Å². The number of carbonyl (C=O) groups is 2. The molecule has 98 valence electrons. The van der Waals surface area contributed by atoms with Gasteiger partial charge in [0.2, 0.25) is 0 Å². The molecule has 0 heterocycles. The van der Waals surface area contributed by atoms with Gasteiger partial charge in [0.05, 0.1) is 0 Å². The number of carboxylic acids is 1. The molecule has 0 fully saturated rings. The molecule has 0 aliphatic rings. The zero-order valence-electron chi connectivity index (χ0n) is 9.07. The first kappa shape index (κ1) is 14.0. The van der Waals surface area contributed by atoms with E-state index in [2.05, 4.69) is 0 Å². The summed E-state index contributed by atoms with van der Waals surface area (Å²) in [5, 5.41) is 10.2. The fourth-order valence-electron chi connectivity index (χ4n) is 1.29. The second kappa shape index (κ2) is 5.52. The van der Waals surface area contributed by atoms with Crippen LogP contribution in [0.15, 0.2) is 30.3 Å². The third-order valence-corrected chi connectivity index (χ3v) is 2.14. The van der Waals surface area contributed by atoms with Crippen molar-refractivity contribution in [2.75, 3.05) is 0 Å². The maximum Gasteiger partial charge on any atom is 0.471 e. The van der Waals surface area contributed by atoms with Crippen LogP contribution in [0.5, 0.6) is 0 Å². The third kappa shape index (κ3) is 4.08. The minimum atomic E-state index is -5.09. The SMILES string of the molecule is O=C(O)[C@H](Cc1ccccc1)NC(=O)C(F)(F)F. The number of amides is 1. The summed E-state index contributed by atoms with van der Waals surface area (Å²) in [5.41, 5.74) is 0.521. The first-order valence-corrected chi connectivity index (χ1v) is 4.95. The highest BCUT2D eigenvalue weighted by molar-refractivity contribution is 5.87. The number of nitrogens with one attached hydrogen (secondary N) is 1. The minimum Gasteiger partial charge on any atom is -0.480 e. The largest absolute Gasteiger partial charge is 0.480 e. The van der Waals surface area contributed by atoms with E-state index in [1.54, 1.807) is 30.3 Å². The second-order valence-electron chi connectivity index (χ2n) is 3.55. The predicted molar refractivity (Wildman–Crippen MR) is 55.8 cm³/mol. The van der Waals surface area contributed by atoms with Crippen molar-refractivity contribution in [1.29, 1.82) is 0 Å². The van der Waals surface area contributed by atoms with Crippen molar-refractivity contribution < 1.29 is 27.9 Å². The number of alkyl halides is 3. The van der Waals surface area contributed by atoms with Crippen LogP contribution in [-0.4, -0.2) is 29.2 Å². The number of hydrogen-bond donors (Lipinski definition) is 2. The highest BCUT2D eigenvalue weighted by Gasteiger charge is 2.40. The summed E-state index contributed by atoms with van der Waals surface area (Å²) in [6, 6.07) is 6.46. The topological polar surface area (TPSA) is 66.4 Å². The first-order valence-electron chi connectivity index (χ1n) is 4.95. The van der Waals surface area contributed by atoms with Crippen LogP contribution in [-0.2, 0) is 16.0 Å². The second-order valence-corrected chi connectivity index (χ2v) is 3.55. The molecule has 18 heavy (non-hydrogen) atoms. The van der Waals surface area contributed by atoms with Crippen LogP contribution in [0.1, 0.15) is 5.56 Å². The van der Waals surface area contributed by atoms with Gasteiger partial charge in [0.1, 0.15) is 6.04 Å². The van der Waals surface area contributed by atoms with Crippen LogP contribution in [0, 0.1) is 0 Å². The van der Waals surface area contributed by atoms with Crippen LogP contribution >= 0.6 is 0 Å². The molecule has 0 unspecified atom stereocenters. The van der Waals surface area contributed by atoms with Crippen LogP contribution in [0.3, 0.4) is 0 Å². The van der Waals surface area contributed by atoms with Crippen molar-refractivity contribution >= 4 is 11.9 Å². The summed E-state index contributed by atoms with van der Waals surface area (Å²) in [6.45, 7) is 0. The molecule has 0 radical (unpaired) electrons. The molecule has 0 aliphatic carbocycles. The molecule has 2 N–H and O–H groups in total. The molecule has 0 aliphatic heterocycles. The number of rotatable bonds is 4. The molecular formula is C11H10F3NO3. The average molecular weight is 261 g/mol. The van der Waals surface area contributed by atoms with Crippen molar-refractivity contribution in [3.63, 3.8) is 0 Å². The smallest absolute Gasteiger partial charge is 0.471 e. The Kier molecular flexibility index (Phi) is 4.30. The number of halogens is 3. The van der Waals surface area contributed by atoms with Crippen molar-refractivity contribution in [2.24, 2.45) is 0 Å². The Labute approximate surface area is 100 Å². The minimum absolute atomic E-state index is 0.210. The van der Waals surface area contributed by atoms with Gasteiger partial charge in [-0.2, -0.15) is 13.2 Å². The monoisotopic (exact) mass is 261 g/mol. The molecule has 1 amide bonds. The van der Waals surface area contributed by atoms with Gasteiger partial charge in [-0.1, -0.05) is 30.3 Å². The summed E-state index contributed by atoms with van der Waals surface area (Å²) < 4.78 is 36.0. The maximum absolute atomic E-state index is 12.0. The van der Waals surface area contributed by atoms with E-state index in [1.807, 2.05) is 0 Å². The zero-order valence-corrected chi connectivity index (χ0v) is 9.07. The van der Waals surface area contributed by atoms with E-state index < -0.39 is 24.1 Å². The van der Waals surface area contributed by atoms with E-state index >= 15 is 0 Å². The Morgan fingerprint density at radius 3 is 2.22 bits per heavy atom. The van der Waals surface area contributed by atoms with E-state index in [-0.39, 0.29) is 6.42 Å². The average Bonchev–Trinajstić information content (AvgIpc) is 2.28.